The van der Waals surface area contributed by atoms with Gasteiger partial charge in [0.05, 0.1) is 23.3 Å². The molecule has 2 N–H and O–H groups in total. The number of aliphatic imine (C=N–C) groups is 1. The second-order valence-electron chi connectivity index (χ2n) is 5.10. The molecule has 128 valence electrons. The minimum absolute atomic E-state index is 0. The summed E-state index contributed by atoms with van der Waals surface area (Å²) >= 11 is 1.69. The van der Waals surface area contributed by atoms with Gasteiger partial charge in [-0.05, 0) is 39.3 Å². The summed E-state index contributed by atoms with van der Waals surface area (Å²) in [6.07, 6.45) is 0.974. The van der Waals surface area contributed by atoms with Crippen molar-refractivity contribution in [2.45, 2.75) is 46.7 Å². The average molecular weight is 448 g/mol. The van der Waals surface area contributed by atoms with E-state index in [1.807, 2.05) is 19.1 Å². The second-order valence-corrected chi connectivity index (χ2v) is 6.04. The number of aromatic nitrogens is 1. The molecular formula is C16H25IN4OS. The van der Waals surface area contributed by atoms with Crippen LogP contribution in [-0.2, 0) is 13.0 Å². The smallest absolute Gasteiger partial charge is 0.192 e. The molecule has 0 aliphatic carbocycles. The maximum atomic E-state index is 5.65. The lowest BCUT2D eigenvalue weighted by Crippen LogP contribution is -2.38. The van der Waals surface area contributed by atoms with Crippen LogP contribution in [0.1, 0.15) is 49.0 Å². The number of halogens is 1. The third kappa shape index (κ3) is 6.14. The van der Waals surface area contributed by atoms with E-state index in [0.29, 0.717) is 6.54 Å². The number of nitrogens with one attached hydrogen (secondary N) is 2. The monoisotopic (exact) mass is 448 g/mol. The van der Waals surface area contributed by atoms with E-state index in [1.165, 1.54) is 0 Å². The Labute approximate surface area is 159 Å². The summed E-state index contributed by atoms with van der Waals surface area (Å²) in [7, 11) is 0. The molecule has 0 saturated carbocycles. The van der Waals surface area contributed by atoms with Gasteiger partial charge in [0.25, 0.3) is 0 Å². The first-order valence-corrected chi connectivity index (χ1v) is 8.54. The van der Waals surface area contributed by atoms with E-state index in [0.717, 1.165) is 41.1 Å². The van der Waals surface area contributed by atoms with Gasteiger partial charge in [-0.2, -0.15) is 0 Å². The number of rotatable bonds is 6. The van der Waals surface area contributed by atoms with Gasteiger partial charge in [-0.1, -0.05) is 6.92 Å². The number of furan rings is 1. The lowest BCUT2D eigenvalue weighted by atomic mass is 10.2. The van der Waals surface area contributed by atoms with Crippen LogP contribution >= 0.6 is 35.3 Å². The van der Waals surface area contributed by atoms with E-state index in [-0.39, 0.29) is 30.0 Å². The molecule has 0 bridgehead atoms. The highest BCUT2D eigenvalue weighted by Crippen LogP contribution is 2.15. The van der Waals surface area contributed by atoms with Crippen LogP contribution in [0, 0.1) is 6.92 Å². The summed E-state index contributed by atoms with van der Waals surface area (Å²) in [6, 6.07) is 4.03. The molecule has 0 aliphatic heterocycles. The van der Waals surface area contributed by atoms with Gasteiger partial charge in [-0.25, -0.2) is 9.98 Å². The van der Waals surface area contributed by atoms with Crippen molar-refractivity contribution < 1.29 is 4.42 Å². The minimum Gasteiger partial charge on any atom is -0.464 e. The van der Waals surface area contributed by atoms with Crippen molar-refractivity contribution in [2.24, 2.45) is 4.99 Å². The lowest BCUT2D eigenvalue weighted by molar-refractivity contribution is 0.441. The molecule has 0 saturated heterocycles. The normalized spacial score (nSPS) is 12.6. The fourth-order valence-corrected chi connectivity index (χ4v) is 2.76. The zero-order valence-corrected chi connectivity index (χ0v) is 17.2. The predicted molar refractivity (Wildman–Crippen MR) is 107 cm³/mol. The fraction of sp³-hybridized carbons (Fsp3) is 0.500. The number of nitrogens with zero attached hydrogens (tertiary/aromatic N) is 2. The van der Waals surface area contributed by atoms with Crippen LogP contribution in [0.5, 0.6) is 0 Å². The molecule has 5 nitrogen and oxygen atoms in total. The van der Waals surface area contributed by atoms with Crippen LogP contribution in [0.15, 0.2) is 26.9 Å². The Bertz CT molecular complexity index is 623. The van der Waals surface area contributed by atoms with Crippen LogP contribution < -0.4 is 10.6 Å². The summed E-state index contributed by atoms with van der Waals surface area (Å²) in [5.41, 5.74) is 1.01. The van der Waals surface area contributed by atoms with Crippen molar-refractivity contribution in [3.05, 3.63) is 39.7 Å². The number of hydrogen-bond donors (Lipinski definition) is 2. The summed E-state index contributed by atoms with van der Waals surface area (Å²) in [6.45, 7) is 9.57. The van der Waals surface area contributed by atoms with Gasteiger partial charge in [0.1, 0.15) is 11.5 Å². The third-order valence-electron chi connectivity index (χ3n) is 3.19. The van der Waals surface area contributed by atoms with Gasteiger partial charge in [-0.15, -0.1) is 35.3 Å². The molecule has 1 atom stereocenters. The van der Waals surface area contributed by atoms with Crippen molar-refractivity contribution >= 4 is 41.3 Å². The van der Waals surface area contributed by atoms with Crippen molar-refractivity contribution in [2.75, 3.05) is 6.54 Å². The zero-order chi connectivity index (χ0) is 15.9. The van der Waals surface area contributed by atoms with Crippen LogP contribution in [0.3, 0.4) is 0 Å². The molecule has 23 heavy (non-hydrogen) atoms. The molecule has 0 fully saturated rings. The predicted octanol–water partition coefficient (Wildman–Crippen LogP) is 4.04. The number of thiazole rings is 1. The maximum absolute atomic E-state index is 5.65. The number of hydrogen-bond acceptors (Lipinski definition) is 4. The van der Waals surface area contributed by atoms with Crippen molar-refractivity contribution in [3.8, 4) is 0 Å². The summed E-state index contributed by atoms with van der Waals surface area (Å²) in [5.74, 6) is 2.60. The number of guanidine groups is 1. The van der Waals surface area contributed by atoms with Crippen LogP contribution in [0.25, 0.3) is 0 Å². The molecule has 2 rings (SSSR count). The Hall–Kier alpha value is -1.09. The highest BCUT2D eigenvalue weighted by Gasteiger charge is 2.11. The lowest BCUT2D eigenvalue weighted by Gasteiger charge is -2.15. The Morgan fingerprint density at radius 2 is 2.17 bits per heavy atom. The van der Waals surface area contributed by atoms with Gasteiger partial charge in [-0.3, -0.25) is 0 Å². The molecule has 0 spiro atoms. The third-order valence-corrected chi connectivity index (χ3v) is 4.23. The molecule has 7 heteroatoms. The van der Waals surface area contributed by atoms with Crippen molar-refractivity contribution in [3.63, 3.8) is 0 Å². The minimum atomic E-state index is 0. The summed E-state index contributed by atoms with van der Waals surface area (Å²) < 4.78 is 5.65. The van der Waals surface area contributed by atoms with Gasteiger partial charge in [0.15, 0.2) is 5.96 Å². The Morgan fingerprint density at radius 1 is 1.39 bits per heavy atom. The number of aryl methyl sites for hydroxylation is 2. The SMILES string of the molecule is CCNC(=NCc1csc(CC)n1)NC(C)c1ccc(C)o1.I. The Kier molecular flexibility index (Phi) is 8.60. The summed E-state index contributed by atoms with van der Waals surface area (Å²) in [4.78, 5) is 9.14. The molecule has 0 amide bonds. The quantitative estimate of drug-likeness (QED) is 0.398. The molecule has 1 unspecified atom stereocenters. The maximum Gasteiger partial charge on any atom is 0.192 e. The molecule has 2 heterocycles. The highest BCUT2D eigenvalue weighted by molar-refractivity contribution is 14.0. The highest BCUT2D eigenvalue weighted by atomic mass is 127. The average Bonchev–Trinajstić information content (AvgIpc) is 3.13. The zero-order valence-electron chi connectivity index (χ0n) is 14.0. The second kappa shape index (κ2) is 9.92. The fourth-order valence-electron chi connectivity index (χ4n) is 2.03. The first kappa shape index (κ1) is 20.0. The van der Waals surface area contributed by atoms with Gasteiger partial charge < -0.3 is 15.1 Å². The van der Waals surface area contributed by atoms with Gasteiger partial charge in [0.2, 0.25) is 0 Å². The van der Waals surface area contributed by atoms with E-state index < -0.39 is 0 Å². The molecule has 0 radical (unpaired) electrons. The van der Waals surface area contributed by atoms with Crippen LogP contribution in [0.4, 0.5) is 0 Å². The van der Waals surface area contributed by atoms with E-state index in [9.17, 15) is 0 Å². The topological polar surface area (TPSA) is 62.5 Å². The van der Waals surface area contributed by atoms with Crippen LogP contribution in [-0.4, -0.2) is 17.5 Å². The Morgan fingerprint density at radius 3 is 2.74 bits per heavy atom. The first-order chi connectivity index (χ1) is 10.6. The van der Waals surface area contributed by atoms with Gasteiger partial charge >= 0.3 is 0 Å². The molecule has 2 aromatic heterocycles. The molecule has 2 aromatic rings. The van der Waals surface area contributed by atoms with E-state index in [1.54, 1.807) is 11.3 Å². The van der Waals surface area contributed by atoms with E-state index in [4.69, 9.17) is 4.42 Å². The van der Waals surface area contributed by atoms with Crippen molar-refractivity contribution in [1.82, 2.24) is 15.6 Å². The summed E-state index contributed by atoms with van der Waals surface area (Å²) in [5, 5.41) is 9.84. The van der Waals surface area contributed by atoms with E-state index >= 15 is 0 Å². The standard InChI is InChI=1S/C16H24N4OS.HI/c1-5-15-20-13(10-22-15)9-18-16(17-6-2)19-12(4)14-8-7-11(3)21-14;/h7-8,10,12H,5-6,9H2,1-4H3,(H2,17,18,19);1H. The molecule has 0 aliphatic rings. The largest absolute Gasteiger partial charge is 0.464 e. The Balaban J connectivity index is 0.00000264. The molecule has 0 aromatic carbocycles. The van der Waals surface area contributed by atoms with Crippen LogP contribution in [0.2, 0.25) is 0 Å². The molecular weight excluding hydrogens is 423 g/mol. The first-order valence-electron chi connectivity index (χ1n) is 7.66. The van der Waals surface area contributed by atoms with Crippen molar-refractivity contribution in [1.29, 1.82) is 0 Å². The van der Waals surface area contributed by atoms with Gasteiger partial charge in [0, 0.05) is 11.9 Å². The van der Waals surface area contributed by atoms with E-state index in [2.05, 4.69) is 46.8 Å².